The standard InChI is InChI=1S/C17H13BrN2O2S/c1-11-9-16-14(10-15(11)19-3)17(18)12(2)20(16)23(21,22)13-7-5-4-6-8-13/h4-10H,1-2H3. The van der Waals surface area contributed by atoms with E-state index in [9.17, 15) is 8.42 Å². The second-order valence-electron chi connectivity index (χ2n) is 5.25. The Balaban J connectivity index is 2.42. The van der Waals surface area contributed by atoms with Crippen LogP contribution in [-0.4, -0.2) is 12.4 Å². The lowest BCUT2D eigenvalue weighted by atomic mass is 10.1. The topological polar surface area (TPSA) is 43.4 Å². The Bertz CT molecular complexity index is 1060. The molecule has 0 amide bonds. The summed E-state index contributed by atoms with van der Waals surface area (Å²) in [5.74, 6) is 0. The van der Waals surface area contributed by atoms with Gasteiger partial charge in [-0.15, -0.1) is 0 Å². The molecule has 0 aliphatic carbocycles. The molecule has 4 nitrogen and oxygen atoms in total. The van der Waals surface area contributed by atoms with Gasteiger partial charge in [0.1, 0.15) is 0 Å². The van der Waals surface area contributed by atoms with Crippen LogP contribution in [0, 0.1) is 20.4 Å². The number of benzene rings is 2. The van der Waals surface area contributed by atoms with Crippen molar-refractivity contribution in [2.45, 2.75) is 18.7 Å². The van der Waals surface area contributed by atoms with Crippen LogP contribution in [0.3, 0.4) is 0 Å². The van der Waals surface area contributed by atoms with Gasteiger partial charge in [0, 0.05) is 15.6 Å². The zero-order chi connectivity index (χ0) is 16.8. The maximum Gasteiger partial charge on any atom is 0.268 e. The van der Waals surface area contributed by atoms with E-state index in [0.717, 1.165) is 10.9 Å². The highest BCUT2D eigenvalue weighted by atomic mass is 79.9. The molecule has 0 saturated heterocycles. The number of halogens is 1. The normalized spacial score (nSPS) is 11.6. The molecule has 0 N–H and O–H groups in total. The number of rotatable bonds is 2. The predicted octanol–water partition coefficient (Wildman–Crippen LogP) is 4.81. The molecule has 0 bridgehead atoms. The summed E-state index contributed by atoms with van der Waals surface area (Å²) >= 11 is 3.47. The summed E-state index contributed by atoms with van der Waals surface area (Å²) in [6, 6.07) is 11.8. The minimum Gasteiger partial charge on any atom is -0.238 e. The van der Waals surface area contributed by atoms with Crippen molar-refractivity contribution in [1.29, 1.82) is 0 Å². The second kappa shape index (κ2) is 5.52. The molecule has 0 aliphatic heterocycles. The van der Waals surface area contributed by atoms with Crippen LogP contribution in [0.5, 0.6) is 0 Å². The number of nitrogens with zero attached hydrogens (tertiary/aromatic N) is 2. The summed E-state index contributed by atoms with van der Waals surface area (Å²) in [4.78, 5) is 3.73. The summed E-state index contributed by atoms with van der Waals surface area (Å²) < 4.78 is 28.1. The average Bonchev–Trinajstić information content (AvgIpc) is 2.78. The largest absolute Gasteiger partial charge is 0.268 e. The molecule has 23 heavy (non-hydrogen) atoms. The SMILES string of the molecule is [C-]#[N+]c1cc2c(Br)c(C)n(S(=O)(=O)c3ccccc3)c2cc1C. The zero-order valence-corrected chi connectivity index (χ0v) is 14.9. The molecular weight excluding hydrogens is 376 g/mol. The third-order valence-corrected chi connectivity index (χ3v) is 6.61. The molecule has 0 atom stereocenters. The zero-order valence-electron chi connectivity index (χ0n) is 12.5. The van der Waals surface area contributed by atoms with Crippen LogP contribution in [0.15, 0.2) is 51.8 Å². The molecular formula is C17H13BrN2O2S. The number of aryl methyl sites for hydroxylation is 1. The molecule has 0 spiro atoms. The Morgan fingerprint density at radius 3 is 2.39 bits per heavy atom. The van der Waals surface area contributed by atoms with E-state index in [1.807, 2.05) is 6.92 Å². The first-order valence-corrected chi connectivity index (χ1v) is 9.10. The summed E-state index contributed by atoms with van der Waals surface area (Å²) in [5.41, 5.74) is 2.43. The Labute approximate surface area is 143 Å². The van der Waals surface area contributed by atoms with Gasteiger partial charge in [-0.25, -0.2) is 17.2 Å². The van der Waals surface area contributed by atoms with Crippen LogP contribution in [-0.2, 0) is 10.0 Å². The van der Waals surface area contributed by atoms with Gasteiger partial charge in [-0.3, -0.25) is 0 Å². The Morgan fingerprint density at radius 2 is 1.78 bits per heavy atom. The third kappa shape index (κ3) is 2.37. The predicted molar refractivity (Wildman–Crippen MR) is 94.4 cm³/mol. The van der Waals surface area contributed by atoms with Gasteiger partial charge in [-0.2, -0.15) is 0 Å². The number of hydrogen-bond donors (Lipinski definition) is 0. The highest BCUT2D eigenvalue weighted by Gasteiger charge is 2.24. The molecule has 1 heterocycles. The molecule has 116 valence electrons. The number of aromatic nitrogens is 1. The molecule has 0 radical (unpaired) electrons. The van der Waals surface area contributed by atoms with Crippen LogP contribution in [0.4, 0.5) is 5.69 Å². The van der Waals surface area contributed by atoms with E-state index >= 15 is 0 Å². The molecule has 0 fully saturated rings. The molecule has 2 aromatic carbocycles. The van der Waals surface area contributed by atoms with E-state index in [2.05, 4.69) is 20.8 Å². The molecule has 0 unspecified atom stereocenters. The lowest BCUT2D eigenvalue weighted by Crippen LogP contribution is -2.14. The average molecular weight is 389 g/mol. The fourth-order valence-corrected chi connectivity index (χ4v) is 4.80. The van der Waals surface area contributed by atoms with Crippen molar-refractivity contribution < 1.29 is 8.42 Å². The maximum absolute atomic E-state index is 13.0. The van der Waals surface area contributed by atoms with Gasteiger partial charge in [0.25, 0.3) is 10.0 Å². The van der Waals surface area contributed by atoms with Gasteiger partial charge in [0.15, 0.2) is 5.69 Å². The Hall–Kier alpha value is -2.10. The Kier molecular flexibility index (Phi) is 3.78. The summed E-state index contributed by atoms with van der Waals surface area (Å²) in [7, 11) is -3.70. The van der Waals surface area contributed by atoms with Crippen molar-refractivity contribution in [3.63, 3.8) is 0 Å². The first kappa shape index (κ1) is 15.8. The van der Waals surface area contributed by atoms with Gasteiger partial charge in [0.2, 0.25) is 0 Å². The van der Waals surface area contributed by atoms with Crippen molar-refractivity contribution in [3.05, 3.63) is 69.6 Å². The van der Waals surface area contributed by atoms with Gasteiger partial charge in [-0.05, 0) is 59.6 Å². The van der Waals surface area contributed by atoms with Crippen LogP contribution >= 0.6 is 15.9 Å². The van der Waals surface area contributed by atoms with E-state index in [1.165, 1.54) is 3.97 Å². The van der Waals surface area contributed by atoms with Gasteiger partial charge in [0.05, 0.1) is 17.0 Å². The molecule has 6 heteroatoms. The molecule has 1 aromatic heterocycles. The summed E-state index contributed by atoms with van der Waals surface area (Å²) in [5, 5.41) is 0.721. The molecule has 0 aliphatic rings. The van der Waals surface area contributed by atoms with Crippen molar-refractivity contribution in [2.75, 3.05) is 0 Å². The Morgan fingerprint density at radius 1 is 1.13 bits per heavy atom. The number of fused-ring (bicyclic) bond motifs is 1. The van der Waals surface area contributed by atoms with Crippen molar-refractivity contribution in [2.24, 2.45) is 0 Å². The molecule has 3 rings (SSSR count). The third-order valence-electron chi connectivity index (χ3n) is 3.79. The van der Waals surface area contributed by atoms with Crippen molar-refractivity contribution in [3.8, 4) is 0 Å². The fourth-order valence-electron chi connectivity index (χ4n) is 2.62. The highest BCUT2D eigenvalue weighted by Crippen LogP contribution is 2.37. The van der Waals surface area contributed by atoms with Gasteiger partial charge in [-0.1, -0.05) is 18.2 Å². The van der Waals surface area contributed by atoms with Crippen LogP contribution in [0.1, 0.15) is 11.3 Å². The molecule has 0 saturated carbocycles. The summed E-state index contributed by atoms with van der Waals surface area (Å²) in [6.45, 7) is 10.8. The van der Waals surface area contributed by atoms with E-state index in [-0.39, 0.29) is 4.90 Å². The maximum atomic E-state index is 13.0. The second-order valence-corrected chi connectivity index (χ2v) is 7.83. The fraction of sp³-hybridized carbons (Fsp3) is 0.118. The number of hydrogen-bond acceptors (Lipinski definition) is 2. The van der Waals surface area contributed by atoms with Crippen molar-refractivity contribution in [1.82, 2.24) is 3.97 Å². The van der Waals surface area contributed by atoms with Gasteiger partial charge >= 0.3 is 0 Å². The van der Waals surface area contributed by atoms with Gasteiger partial charge < -0.3 is 0 Å². The van der Waals surface area contributed by atoms with Crippen LogP contribution in [0.25, 0.3) is 15.7 Å². The molecule has 3 aromatic rings. The van der Waals surface area contributed by atoms with Crippen LogP contribution in [0.2, 0.25) is 0 Å². The quantitative estimate of drug-likeness (QED) is 0.591. The minimum absolute atomic E-state index is 0.236. The van der Waals surface area contributed by atoms with Crippen molar-refractivity contribution >= 4 is 42.5 Å². The van der Waals surface area contributed by atoms with E-state index < -0.39 is 10.0 Å². The lowest BCUT2D eigenvalue weighted by molar-refractivity contribution is 0.588. The van der Waals surface area contributed by atoms with E-state index in [1.54, 1.807) is 49.4 Å². The summed E-state index contributed by atoms with van der Waals surface area (Å²) in [6.07, 6.45) is 0. The van der Waals surface area contributed by atoms with E-state index in [0.29, 0.717) is 21.4 Å². The monoisotopic (exact) mass is 388 g/mol. The lowest BCUT2D eigenvalue weighted by Gasteiger charge is -2.10. The van der Waals surface area contributed by atoms with E-state index in [4.69, 9.17) is 6.57 Å². The highest BCUT2D eigenvalue weighted by molar-refractivity contribution is 9.10. The minimum atomic E-state index is -3.70. The first-order chi connectivity index (χ1) is 10.9. The first-order valence-electron chi connectivity index (χ1n) is 6.87. The smallest absolute Gasteiger partial charge is 0.238 e. The van der Waals surface area contributed by atoms with Crippen LogP contribution < -0.4 is 0 Å².